The predicted octanol–water partition coefficient (Wildman–Crippen LogP) is 2.71. The van der Waals surface area contributed by atoms with Crippen molar-refractivity contribution in [3.8, 4) is 0 Å². The first-order valence-electron chi connectivity index (χ1n) is 7.43. The third-order valence-corrected chi connectivity index (χ3v) is 3.95. The fourth-order valence-corrected chi connectivity index (χ4v) is 2.59. The van der Waals surface area contributed by atoms with Crippen LogP contribution in [-0.4, -0.2) is 29.9 Å². The maximum atomic E-state index is 12.8. The van der Waals surface area contributed by atoms with Crippen LogP contribution in [0.3, 0.4) is 0 Å². The molecule has 0 aromatic heterocycles. The summed E-state index contributed by atoms with van der Waals surface area (Å²) in [4.78, 5) is 14.4. The largest absolute Gasteiger partial charge is 0.351 e. The van der Waals surface area contributed by atoms with Gasteiger partial charge in [-0.25, -0.2) is 4.39 Å². The number of nitrogens with one attached hydrogen (secondary N) is 1. The van der Waals surface area contributed by atoms with Crippen molar-refractivity contribution in [1.29, 1.82) is 0 Å². The van der Waals surface area contributed by atoms with E-state index in [9.17, 15) is 9.18 Å². The predicted molar refractivity (Wildman–Crippen MR) is 77.7 cm³/mol. The lowest BCUT2D eigenvalue weighted by molar-refractivity contribution is -0.126. The number of benzene rings is 1. The Bertz CT molecular complexity index is 425. The molecule has 1 heterocycles. The van der Waals surface area contributed by atoms with Gasteiger partial charge in [0, 0.05) is 6.54 Å². The highest BCUT2D eigenvalue weighted by molar-refractivity contribution is 5.81. The molecule has 110 valence electrons. The fourth-order valence-electron chi connectivity index (χ4n) is 2.59. The van der Waals surface area contributed by atoms with E-state index in [4.69, 9.17) is 0 Å². The van der Waals surface area contributed by atoms with Crippen LogP contribution in [0.1, 0.15) is 38.2 Å². The monoisotopic (exact) mass is 278 g/mol. The van der Waals surface area contributed by atoms with Crippen LogP contribution >= 0.6 is 0 Å². The first-order valence-corrected chi connectivity index (χ1v) is 7.43. The first-order chi connectivity index (χ1) is 9.66. The molecule has 0 bridgehead atoms. The second-order valence-corrected chi connectivity index (χ2v) is 5.47. The van der Waals surface area contributed by atoms with Crippen LogP contribution in [0.25, 0.3) is 0 Å². The summed E-state index contributed by atoms with van der Waals surface area (Å²) in [6.45, 7) is 4.43. The van der Waals surface area contributed by atoms with Crippen LogP contribution in [0.5, 0.6) is 0 Å². The van der Waals surface area contributed by atoms with Gasteiger partial charge in [0.15, 0.2) is 0 Å². The van der Waals surface area contributed by atoms with Crippen molar-refractivity contribution in [3.05, 3.63) is 35.6 Å². The smallest absolute Gasteiger partial charge is 0.237 e. The zero-order valence-electron chi connectivity index (χ0n) is 12.1. The number of carbonyl (C=O) groups is 1. The van der Waals surface area contributed by atoms with E-state index < -0.39 is 0 Å². The Morgan fingerprint density at radius 1 is 1.20 bits per heavy atom. The second-order valence-electron chi connectivity index (χ2n) is 5.47. The highest BCUT2D eigenvalue weighted by atomic mass is 19.1. The number of halogens is 1. The fraction of sp³-hybridized carbons (Fsp3) is 0.562. The summed E-state index contributed by atoms with van der Waals surface area (Å²) in [5.41, 5.74) is 0.919. The quantitative estimate of drug-likeness (QED) is 0.918. The van der Waals surface area contributed by atoms with Crippen LogP contribution < -0.4 is 5.32 Å². The van der Waals surface area contributed by atoms with Crippen LogP contribution in [0.2, 0.25) is 0 Å². The van der Waals surface area contributed by atoms with E-state index in [-0.39, 0.29) is 17.8 Å². The van der Waals surface area contributed by atoms with Crippen molar-refractivity contribution in [2.75, 3.05) is 13.1 Å². The summed E-state index contributed by atoms with van der Waals surface area (Å²) >= 11 is 0. The molecule has 0 saturated carbocycles. The number of nitrogens with zero attached hydrogens (tertiary/aromatic N) is 1. The Morgan fingerprint density at radius 3 is 2.40 bits per heavy atom. The van der Waals surface area contributed by atoms with Gasteiger partial charge in [-0.1, -0.05) is 25.0 Å². The summed E-state index contributed by atoms with van der Waals surface area (Å²) < 4.78 is 12.8. The molecule has 0 spiro atoms. The number of amides is 1. The van der Waals surface area contributed by atoms with Crippen LogP contribution in [0.15, 0.2) is 24.3 Å². The molecule has 1 aromatic carbocycles. The SMILES string of the molecule is C[C@H](C(=O)NCc1ccc(F)cc1)N1CCCCCC1. The van der Waals surface area contributed by atoms with Crippen molar-refractivity contribution in [1.82, 2.24) is 10.2 Å². The average Bonchev–Trinajstić information content (AvgIpc) is 2.74. The minimum absolute atomic E-state index is 0.0521. The summed E-state index contributed by atoms with van der Waals surface area (Å²) in [6, 6.07) is 6.14. The lowest BCUT2D eigenvalue weighted by Gasteiger charge is -2.26. The Hall–Kier alpha value is -1.42. The highest BCUT2D eigenvalue weighted by Gasteiger charge is 2.21. The lowest BCUT2D eigenvalue weighted by atomic mass is 10.2. The Labute approximate surface area is 120 Å². The maximum absolute atomic E-state index is 12.8. The van der Waals surface area contributed by atoms with Crippen LogP contribution in [0.4, 0.5) is 4.39 Å². The molecule has 1 aliphatic heterocycles. The lowest BCUT2D eigenvalue weighted by Crippen LogP contribution is -2.45. The van der Waals surface area contributed by atoms with Gasteiger partial charge in [0.1, 0.15) is 5.82 Å². The van der Waals surface area contributed by atoms with Gasteiger partial charge >= 0.3 is 0 Å². The van der Waals surface area contributed by atoms with Crippen molar-refractivity contribution >= 4 is 5.91 Å². The molecule has 3 nitrogen and oxygen atoms in total. The van der Waals surface area contributed by atoms with Crippen LogP contribution in [-0.2, 0) is 11.3 Å². The zero-order valence-corrected chi connectivity index (χ0v) is 12.1. The molecule has 20 heavy (non-hydrogen) atoms. The maximum Gasteiger partial charge on any atom is 0.237 e. The molecule has 0 radical (unpaired) electrons. The molecule has 1 amide bonds. The molecule has 1 N–H and O–H groups in total. The van der Waals surface area contributed by atoms with Gasteiger partial charge in [0.05, 0.1) is 6.04 Å². The van der Waals surface area contributed by atoms with Crippen LogP contribution in [0, 0.1) is 5.82 Å². The second kappa shape index (κ2) is 7.39. The topological polar surface area (TPSA) is 32.3 Å². The summed E-state index contributed by atoms with van der Waals surface area (Å²) in [6.07, 6.45) is 4.88. The number of hydrogen-bond donors (Lipinski definition) is 1. The molecule has 0 unspecified atom stereocenters. The average molecular weight is 278 g/mol. The van der Waals surface area contributed by atoms with Crippen molar-refractivity contribution in [3.63, 3.8) is 0 Å². The van der Waals surface area contributed by atoms with Crippen molar-refractivity contribution in [2.24, 2.45) is 0 Å². The van der Waals surface area contributed by atoms with E-state index in [1.807, 2.05) is 6.92 Å². The van der Waals surface area contributed by atoms with E-state index in [1.54, 1.807) is 12.1 Å². The number of likely N-dealkylation sites (tertiary alicyclic amines) is 1. The molecule has 2 rings (SSSR count). The molecule has 1 atom stereocenters. The van der Waals surface area contributed by atoms with Gasteiger partial charge < -0.3 is 5.32 Å². The first kappa shape index (κ1) is 15.0. The third kappa shape index (κ3) is 4.30. The van der Waals surface area contributed by atoms with Gasteiger partial charge in [0.25, 0.3) is 0 Å². The van der Waals surface area contributed by atoms with E-state index in [0.717, 1.165) is 18.7 Å². The van der Waals surface area contributed by atoms with Gasteiger partial charge in [0.2, 0.25) is 5.91 Å². The molecule has 0 aliphatic carbocycles. The van der Waals surface area contributed by atoms with Crippen molar-refractivity contribution in [2.45, 2.75) is 45.2 Å². The zero-order chi connectivity index (χ0) is 14.4. The Kier molecular flexibility index (Phi) is 5.53. The normalized spacial score (nSPS) is 18.3. The molecule has 1 aliphatic rings. The minimum atomic E-state index is -0.252. The van der Waals surface area contributed by atoms with E-state index in [2.05, 4.69) is 10.2 Å². The highest BCUT2D eigenvalue weighted by Crippen LogP contribution is 2.12. The molecule has 1 fully saturated rings. The van der Waals surface area contributed by atoms with Gasteiger partial charge in [-0.15, -0.1) is 0 Å². The number of hydrogen-bond acceptors (Lipinski definition) is 2. The van der Waals surface area contributed by atoms with Gasteiger partial charge in [-0.3, -0.25) is 9.69 Å². The summed E-state index contributed by atoms with van der Waals surface area (Å²) in [5, 5.41) is 2.93. The standard InChI is InChI=1S/C16H23FN2O/c1-13(19-10-4-2-3-5-11-19)16(20)18-12-14-6-8-15(17)9-7-14/h6-9,13H,2-5,10-12H2,1H3,(H,18,20)/t13-/m1/s1. The van der Waals surface area contributed by atoms with E-state index in [1.165, 1.54) is 37.8 Å². The molecular weight excluding hydrogens is 255 g/mol. The molecular formula is C16H23FN2O. The van der Waals surface area contributed by atoms with E-state index >= 15 is 0 Å². The number of carbonyl (C=O) groups excluding carboxylic acids is 1. The Balaban J connectivity index is 1.82. The minimum Gasteiger partial charge on any atom is -0.351 e. The van der Waals surface area contributed by atoms with Crippen molar-refractivity contribution < 1.29 is 9.18 Å². The van der Waals surface area contributed by atoms with E-state index in [0.29, 0.717) is 6.54 Å². The third-order valence-electron chi connectivity index (χ3n) is 3.95. The number of rotatable bonds is 4. The summed E-state index contributed by atoms with van der Waals surface area (Å²) in [7, 11) is 0. The van der Waals surface area contributed by atoms with Gasteiger partial charge in [-0.2, -0.15) is 0 Å². The Morgan fingerprint density at radius 2 is 1.80 bits per heavy atom. The molecule has 4 heteroatoms. The summed E-state index contributed by atoms with van der Waals surface area (Å²) in [5.74, 6) is -0.200. The molecule has 1 saturated heterocycles. The molecule has 1 aromatic rings. The van der Waals surface area contributed by atoms with Gasteiger partial charge in [-0.05, 0) is 50.6 Å².